The number of benzene rings is 1. The predicted molar refractivity (Wildman–Crippen MR) is 116 cm³/mol. The van der Waals surface area contributed by atoms with Crippen molar-refractivity contribution in [2.24, 2.45) is 0 Å². The van der Waals surface area contributed by atoms with Gasteiger partial charge in [0.25, 0.3) is 11.5 Å². The first-order valence-corrected chi connectivity index (χ1v) is 11.5. The van der Waals surface area contributed by atoms with Gasteiger partial charge in [-0.3, -0.25) is 14.7 Å². The molecular formula is C21H16F3N5O4S. The van der Waals surface area contributed by atoms with E-state index in [0.717, 1.165) is 12.5 Å². The van der Waals surface area contributed by atoms with Gasteiger partial charge in [0, 0.05) is 6.26 Å². The summed E-state index contributed by atoms with van der Waals surface area (Å²) in [6, 6.07) is 10.1. The van der Waals surface area contributed by atoms with E-state index < -0.39 is 38.7 Å². The van der Waals surface area contributed by atoms with Gasteiger partial charge in [-0.2, -0.15) is 17.7 Å². The molecule has 3 aromatic heterocycles. The van der Waals surface area contributed by atoms with Gasteiger partial charge in [0.1, 0.15) is 11.3 Å². The van der Waals surface area contributed by atoms with Crippen LogP contribution < -0.4 is 10.9 Å². The Balaban J connectivity index is 1.83. The molecule has 3 heterocycles. The van der Waals surface area contributed by atoms with Crippen molar-refractivity contribution in [2.75, 3.05) is 11.6 Å². The molecule has 0 radical (unpaired) electrons. The molecule has 0 atom stereocenters. The van der Waals surface area contributed by atoms with Crippen molar-refractivity contribution in [1.82, 2.24) is 19.6 Å². The lowest BCUT2D eigenvalue weighted by molar-refractivity contribution is -0.140. The number of fused-ring (bicyclic) bond motifs is 1. The molecule has 0 saturated carbocycles. The summed E-state index contributed by atoms with van der Waals surface area (Å²) in [6.07, 6.45) is -2.78. The van der Waals surface area contributed by atoms with E-state index in [4.69, 9.17) is 0 Å². The van der Waals surface area contributed by atoms with Gasteiger partial charge >= 0.3 is 6.18 Å². The first kappa shape index (κ1) is 23.2. The molecule has 34 heavy (non-hydrogen) atoms. The molecule has 176 valence electrons. The largest absolute Gasteiger partial charge is 0.433 e. The molecule has 0 spiro atoms. The first-order chi connectivity index (χ1) is 15.9. The van der Waals surface area contributed by atoms with Gasteiger partial charge < -0.3 is 5.32 Å². The number of halogens is 3. The number of nitrogens with zero attached hydrogens (tertiary/aromatic N) is 3. The van der Waals surface area contributed by atoms with E-state index >= 15 is 0 Å². The lowest BCUT2D eigenvalue weighted by Crippen LogP contribution is -2.29. The van der Waals surface area contributed by atoms with E-state index in [1.807, 2.05) is 5.10 Å². The molecule has 0 aliphatic heterocycles. The zero-order valence-corrected chi connectivity index (χ0v) is 18.5. The molecule has 4 rings (SSSR count). The van der Waals surface area contributed by atoms with Crippen LogP contribution in [0.4, 0.5) is 18.9 Å². The highest BCUT2D eigenvalue weighted by Gasteiger charge is 2.38. The summed E-state index contributed by atoms with van der Waals surface area (Å²) in [4.78, 5) is 33.7. The van der Waals surface area contributed by atoms with E-state index in [2.05, 4.69) is 15.3 Å². The molecule has 0 fully saturated rings. The fourth-order valence-corrected chi connectivity index (χ4v) is 3.95. The smallest absolute Gasteiger partial charge is 0.320 e. The monoisotopic (exact) mass is 491 g/mol. The van der Waals surface area contributed by atoms with Crippen LogP contribution in [0.1, 0.15) is 21.7 Å². The fraction of sp³-hybridized carbons (Fsp3) is 0.143. The van der Waals surface area contributed by atoms with Crippen molar-refractivity contribution in [2.45, 2.75) is 18.1 Å². The molecule has 0 saturated heterocycles. The van der Waals surface area contributed by atoms with Crippen molar-refractivity contribution in [3.05, 3.63) is 76.0 Å². The number of amides is 1. The van der Waals surface area contributed by atoms with Gasteiger partial charge in [0.05, 0.1) is 23.1 Å². The first-order valence-electron chi connectivity index (χ1n) is 9.63. The van der Waals surface area contributed by atoms with Crippen LogP contribution in [0.15, 0.2) is 58.5 Å². The van der Waals surface area contributed by atoms with Crippen molar-refractivity contribution >= 4 is 27.1 Å². The van der Waals surface area contributed by atoms with Gasteiger partial charge in [0.15, 0.2) is 20.5 Å². The third-order valence-electron chi connectivity index (χ3n) is 4.91. The number of aryl methyl sites for hydroxylation is 1. The summed E-state index contributed by atoms with van der Waals surface area (Å²) < 4.78 is 64.9. The minimum absolute atomic E-state index is 0.0775. The highest BCUT2D eigenvalue weighted by molar-refractivity contribution is 7.90. The van der Waals surface area contributed by atoms with E-state index in [9.17, 15) is 31.2 Å². The molecule has 13 heteroatoms. The van der Waals surface area contributed by atoms with Crippen molar-refractivity contribution in [1.29, 1.82) is 0 Å². The average molecular weight is 491 g/mol. The Morgan fingerprint density at radius 1 is 1.12 bits per heavy atom. The van der Waals surface area contributed by atoms with Crippen LogP contribution in [-0.2, 0) is 16.0 Å². The van der Waals surface area contributed by atoms with Crippen LogP contribution in [0.5, 0.6) is 0 Å². The number of carbonyl (C=O) groups is 1. The summed E-state index contributed by atoms with van der Waals surface area (Å²) in [5.41, 5.74) is -3.12. The molecule has 0 bridgehead atoms. The second kappa shape index (κ2) is 8.09. The third kappa shape index (κ3) is 4.17. The predicted octanol–water partition coefficient (Wildman–Crippen LogP) is 3.07. The Bertz CT molecular complexity index is 1580. The SMILES string of the molecule is Cc1nc2c(-c3ccccc3)c(C(F)(F)F)[nH]n2c(=O)c1C(=O)Nc1ccc(S(C)(=O)=O)nc1. The zero-order valence-electron chi connectivity index (χ0n) is 17.6. The number of aromatic nitrogens is 4. The lowest BCUT2D eigenvalue weighted by Gasteiger charge is -2.08. The number of rotatable bonds is 4. The quantitative estimate of drug-likeness (QED) is 0.452. The van der Waals surface area contributed by atoms with E-state index in [1.165, 1.54) is 31.2 Å². The highest BCUT2D eigenvalue weighted by atomic mass is 32.2. The second-order valence-electron chi connectivity index (χ2n) is 7.37. The fourth-order valence-electron chi connectivity index (χ4n) is 3.39. The Kier molecular flexibility index (Phi) is 5.52. The molecule has 0 aliphatic rings. The molecule has 0 unspecified atom stereocenters. The maximum Gasteiger partial charge on any atom is 0.433 e. The Morgan fingerprint density at radius 3 is 2.35 bits per heavy atom. The van der Waals surface area contributed by atoms with Gasteiger partial charge in [-0.1, -0.05) is 30.3 Å². The van der Waals surface area contributed by atoms with Gasteiger partial charge in [0.2, 0.25) is 0 Å². The zero-order chi connectivity index (χ0) is 24.8. The number of sulfone groups is 1. The number of hydrogen-bond donors (Lipinski definition) is 2. The molecule has 0 aliphatic carbocycles. The van der Waals surface area contributed by atoms with Crippen LogP contribution >= 0.6 is 0 Å². The van der Waals surface area contributed by atoms with Crippen LogP contribution in [0, 0.1) is 6.92 Å². The minimum atomic E-state index is -4.82. The van der Waals surface area contributed by atoms with Gasteiger partial charge in [-0.15, -0.1) is 0 Å². The maximum atomic E-state index is 13.8. The summed E-state index contributed by atoms with van der Waals surface area (Å²) in [7, 11) is -3.56. The summed E-state index contributed by atoms with van der Waals surface area (Å²) in [5.74, 6) is -0.942. The Morgan fingerprint density at radius 2 is 1.79 bits per heavy atom. The average Bonchev–Trinajstić information content (AvgIpc) is 3.14. The van der Waals surface area contributed by atoms with Crippen LogP contribution in [0.25, 0.3) is 16.8 Å². The van der Waals surface area contributed by atoms with Crippen LogP contribution in [-0.4, -0.2) is 40.2 Å². The van der Waals surface area contributed by atoms with Crippen molar-refractivity contribution in [3.63, 3.8) is 0 Å². The second-order valence-corrected chi connectivity index (χ2v) is 9.34. The number of nitrogens with one attached hydrogen (secondary N) is 2. The number of carbonyl (C=O) groups excluding carboxylic acids is 1. The molecule has 9 nitrogen and oxygen atoms in total. The minimum Gasteiger partial charge on any atom is -0.320 e. The van der Waals surface area contributed by atoms with Gasteiger partial charge in [-0.05, 0) is 24.6 Å². The number of aromatic amines is 1. The number of alkyl halides is 3. The third-order valence-corrected chi connectivity index (χ3v) is 5.91. The maximum absolute atomic E-state index is 13.8. The molecule has 1 aromatic carbocycles. The molecular weight excluding hydrogens is 475 g/mol. The molecule has 2 N–H and O–H groups in total. The molecule has 4 aromatic rings. The standard InChI is InChI=1S/C21H16F3N5O4S/c1-11-15(19(30)27-13-8-9-14(25-10-13)34(2,32)33)20(31)29-18(26-11)16(12-6-4-3-5-7-12)17(28-29)21(22,23)24/h3-10,28H,1-2H3,(H,27,30). The normalized spacial score (nSPS) is 12.1. The Hall–Kier alpha value is -4.00. The molecule has 1 amide bonds. The summed E-state index contributed by atoms with van der Waals surface area (Å²) in [5, 5.41) is 4.20. The van der Waals surface area contributed by atoms with Gasteiger partial charge in [-0.25, -0.2) is 18.4 Å². The van der Waals surface area contributed by atoms with Crippen molar-refractivity contribution in [3.8, 4) is 11.1 Å². The van der Waals surface area contributed by atoms with E-state index in [-0.39, 0.29) is 33.2 Å². The topological polar surface area (TPSA) is 126 Å². The lowest BCUT2D eigenvalue weighted by atomic mass is 10.1. The number of H-pyrrole nitrogens is 1. The number of anilines is 1. The summed E-state index contributed by atoms with van der Waals surface area (Å²) >= 11 is 0. The van der Waals surface area contributed by atoms with Crippen LogP contribution in [0.2, 0.25) is 0 Å². The van der Waals surface area contributed by atoms with Crippen LogP contribution in [0.3, 0.4) is 0 Å². The number of pyridine rings is 1. The van der Waals surface area contributed by atoms with E-state index in [1.54, 1.807) is 18.2 Å². The summed E-state index contributed by atoms with van der Waals surface area (Å²) in [6.45, 7) is 1.33. The van der Waals surface area contributed by atoms with E-state index in [0.29, 0.717) is 4.52 Å². The number of hydrogen-bond acceptors (Lipinski definition) is 6. The van der Waals surface area contributed by atoms with Crippen molar-refractivity contribution < 1.29 is 26.4 Å². The Labute approximate surface area is 190 Å². The highest BCUT2D eigenvalue weighted by Crippen LogP contribution is 2.38.